The van der Waals surface area contributed by atoms with Crippen molar-refractivity contribution in [3.05, 3.63) is 22.3 Å². The average molecular weight is 270 g/mol. The lowest BCUT2D eigenvalue weighted by molar-refractivity contribution is 0.415. The molecule has 1 aliphatic heterocycles. The summed E-state index contributed by atoms with van der Waals surface area (Å²) < 4.78 is 1.09. The molecular formula is C11H16BrN3. The van der Waals surface area contributed by atoms with Crippen LogP contribution in [0.25, 0.3) is 0 Å². The molecule has 1 aliphatic rings. The maximum Gasteiger partial charge on any atom is 0.143 e. The zero-order chi connectivity index (χ0) is 10.8. The van der Waals surface area contributed by atoms with Crippen molar-refractivity contribution in [2.24, 2.45) is 0 Å². The Hall–Kier alpha value is -0.610. The molecule has 0 amide bonds. The standard InChI is InChI=1S/C11H16BrN3/c1-3-15(9-6-13-7-9)11-10(12)4-8(2)5-14-11/h4-5,9,13H,3,6-7H2,1-2H3. The van der Waals surface area contributed by atoms with Gasteiger partial charge in [0.1, 0.15) is 5.82 Å². The Kier molecular flexibility index (Phi) is 3.26. The lowest BCUT2D eigenvalue weighted by atomic mass is 10.1. The lowest BCUT2D eigenvalue weighted by Gasteiger charge is -2.38. The Balaban J connectivity index is 2.25. The molecule has 82 valence electrons. The van der Waals surface area contributed by atoms with Crippen LogP contribution in [-0.2, 0) is 0 Å². The number of pyridine rings is 1. The van der Waals surface area contributed by atoms with Crippen LogP contribution in [0.2, 0.25) is 0 Å². The summed E-state index contributed by atoms with van der Waals surface area (Å²) in [6.07, 6.45) is 1.93. The Morgan fingerprint density at radius 3 is 2.80 bits per heavy atom. The summed E-state index contributed by atoms with van der Waals surface area (Å²) in [5.41, 5.74) is 1.19. The van der Waals surface area contributed by atoms with E-state index in [1.807, 2.05) is 6.20 Å². The van der Waals surface area contributed by atoms with Crippen LogP contribution in [-0.4, -0.2) is 30.7 Å². The van der Waals surface area contributed by atoms with E-state index in [1.165, 1.54) is 5.56 Å². The smallest absolute Gasteiger partial charge is 0.143 e. The van der Waals surface area contributed by atoms with Gasteiger partial charge in [-0.2, -0.15) is 0 Å². The summed E-state index contributed by atoms with van der Waals surface area (Å²) in [6, 6.07) is 2.72. The van der Waals surface area contributed by atoms with Gasteiger partial charge in [-0.05, 0) is 41.4 Å². The maximum atomic E-state index is 4.50. The van der Waals surface area contributed by atoms with E-state index < -0.39 is 0 Å². The highest BCUT2D eigenvalue weighted by Gasteiger charge is 2.25. The largest absolute Gasteiger partial charge is 0.350 e. The predicted molar refractivity (Wildman–Crippen MR) is 66.4 cm³/mol. The number of nitrogens with zero attached hydrogens (tertiary/aromatic N) is 2. The van der Waals surface area contributed by atoms with Crippen molar-refractivity contribution in [1.82, 2.24) is 10.3 Å². The van der Waals surface area contributed by atoms with Crippen LogP contribution in [0.3, 0.4) is 0 Å². The van der Waals surface area contributed by atoms with E-state index in [0.29, 0.717) is 6.04 Å². The first kappa shape index (κ1) is 10.9. The van der Waals surface area contributed by atoms with Crippen molar-refractivity contribution < 1.29 is 0 Å². The van der Waals surface area contributed by atoms with E-state index in [-0.39, 0.29) is 0 Å². The molecule has 1 aromatic heterocycles. The number of likely N-dealkylation sites (N-methyl/N-ethyl adjacent to an activating group) is 1. The van der Waals surface area contributed by atoms with E-state index in [9.17, 15) is 0 Å². The molecule has 0 bridgehead atoms. The molecule has 0 aromatic carbocycles. The molecule has 0 spiro atoms. The summed E-state index contributed by atoms with van der Waals surface area (Å²) in [5.74, 6) is 1.06. The molecule has 15 heavy (non-hydrogen) atoms. The molecule has 0 radical (unpaired) electrons. The van der Waals surface area contributed by atoms with E-state index in [1.54, 1.807) is 0 Å². The van der Waals surface area contributed by atoms with Gasteiger partial charge in [0, 0.05) is 25.8 Å². The van der Waals surface area contributed by atoms with Crippen molar-refractivity contribution >= 4 is 21.7 Å². The number of anilines is 1. The summed E-state index contributed by atoms with van der Waals surface area (Å²) >= 11 is 3.59. The Morgan fingerprint density at radius 2 is 2.33 bits per heavy atom. The van der Waals surface area contributed by atoms with Crippen molar-refractivity contribution in [2.75, 3.05) is 24.5 Å². The summed E-state index contributed by atoms with van der Waals surface area (Å²) in [4.78, 5) is 6.85. The fourth-order valence-electron chi connectivity index (χ4n) is 1.81. The van der Waals surface area contributed by atoms with Crippen molar-refractivity contribution in [1.29, 1.82) is 0 Å². The van der Waals surface area contributed by atoms with Crippen LogP contribution in [0.15, 0.2) is 16.7 Å². The van der Waals surface area contributed by atoms with Gasteiger partial charge in [-0.15, -0.1) is 0 Å². The molecule has 1 aromatic rings. The molecule has 0 unspecified atom stereocenters. The lowest BCUT2D eigenvalue weighted by Crippen LogP contribution is -2.57. The van der Waals surface area contributed by atoms with Crippen molar-refractivity contribution in [3.8, 4) is 0 Å². The van der Waals surface area contributed by atoms with Crippen LogP contribution >= 0.6 is 15.9 Å². The van der Waals surface area contributed by atoms with Gasteiger partial charge in [0.05, 0.1) is 10.5 Å². The Labute approximate surface area is 99.0 Å². The number of rotatable bonds is 3. The van der Waals surface area contributed by atoms with Crippen LogP contribution in [0.1, 0.15) is 12.5 Å². The highest BCUT2D eigenvalue weighted by atomic mass is 79.9. The minimum atomic E-state index is 0.599. The van der Waals surface area contributed by atoms with E-state index in [0.717, 1.165) is 29.9 Å². The van der Waals surface area contributed by atoms with Gasteiger partial charge in [0.25, 0.3) is 0 Å². The monoisotopic (exact) mass is 269 g/mol. The molecule has 4 heteroatoms. The third kappa shape index (κ3) is 2.16. The average Bonchev–Trinajstić information content (AvgIpc) is 2.12. The minimum absolute atomic E-state index is 0.599. The molecule has 3 nitrogen and oxygen atoms in total. The van der Waals surface area contributed by atoms with Crippen molar-refractivity contribution in [2.45, 2.75) is 19.9 Å². The minimum Gasteiger partial charge on any atom is -0.350 e. The summed E-state index contributed by atoms with van der Waals surface area (Å²) in [6.45, 7) is 7.36. The molecule has 0 aliphatic carbocycles. The van der Waals surface area contributed by atoms with Gasteiger partial charge in [0.2, 0.25) is 0 Å². The van der Waals surface area contributed by atoms with Gasteiger partial charge in [0.15, 0.2) is 0 Å². The van der Waals surface area contributed by atoms with Gasteiger partial charge >= 0.3 is 0 Å². The van der Waals surface area contributed by atoms with Gasteiger partial charge < -0.3 is 10.2 Å². The second-order valence-corrected chi connectivity index (χ2v) is 4.77. The Bertz CT molecular complexity index is 350. The van der Waals surface area contributed by atoms with Crippen LogP contribution in [0.4, 0.5) is 5.82 Å². The molecular weight excluding hydrogens is 254 g/mol. The zero-order valence-electron chi connectivity index (χ0n) is 9.13. The SMILES string of the molecule is CCN(c1ncc(C)cc1Br)C1CNC1. The zero-order valence-corrected chi connectivity index (χ0v) is 10.7. The second kappa shape index (κ2) is 4.49. The summed E-state index contributed by atoms with van der Waals surface area (Å²) in [7, 11) is 0. The first-order valence-corrected chi connectivity index (χ1v) is 6.11. The number of aromatic nitrogens is 1. The number of aryl methyl sites for hydroxylation is 1. The number of hydrogen-bond acceptors (Lipinski definition) is 3. The van der Waals surface area contributed by atoms with Crippen LogP contribution in [0.5, 0.6) is 0 Å². The fourth-order valence-corrected chi connectivity index (χ4v) is 2.50. The second-order valence-electron chi connectivity index (χ2n) is 3.92. The van der Waals surface area contributed by atoms with E-state index in [2.05, 4.69) is 51.0 Å². The fraction of sp³-hybridized carbons (Fsp3) is 0.545. The molecule has 0 atom stereocenters. The number of nitrogens with one attached hydrogen (secondary N) is 1. The highest BCUT2D eigenvalue weighted by molar-refractivity contribution is 9.10. The molecule has 2 rings (SSSR count). The quantitative estimate of drug-likeness (QED) is 0.910. The first-order chi connectivity index (χ1) is 7.22. The third-order valence-electron chi connectivity index (χ3n) is 2.77. The van der Waals surface area contributed by atoms with Gasteiger partial charge in [-0.1, -0.05) is 0 Å². The molecule has 1 N–H and O–H groups in total. The first-order valence-electron chi connectivity index (χ1n) is 5.32. The van der Waals surface area contributed by atoms with Crippen LogP contribution in [0, 0.1) is 6.92 Å². The van der Waals surface area contributed by atoms with E-state index >= 15 is 0 Å². The highest BCUT2D eigenvalue weighted by Crippen LogP contribution is 2.26. The Morgan fingerprint density at radius 1 is 1.60 bits per heavy atom. The summed E-state index contributed by atoms with van der Waals surface area (Å²) in [5, 5.41) is 3.29. The molecule has 2 heterocycles. The third-order valence-corrected chi connectivity index (χ3v) is 3.36. The maximum absolute atomic E-state index is 4.50. The molecule has 1 saturated heterocycles. The predicted octanol–water partition coefficient (Wildman–Crippen LogP) is 1.95. The van der Waals surface area contributed by atoms with Crippen LogP contribution < -0.4 is 10.2 Å². The normalized spacial score (nSPS) is 16.2. The topological polar surface area (TPSA) is 28.2 Å². The molecule has 0 saturated carbocycles. The van der Waals surface area contributed by atoms with Gasteiger partial charge in [-0.25, -0.2) is 4.98 Å². The van der Waals surface area contributed by atoms with E-state index in [4.69, 9.17) is 0 Å². The number of hydrogen-bond donors (Lipinski definition) is 1. The van der Waals surface area contributed by atoms with Gasteiger partial charge in [-0.3, -0.25) is 0 Å². The molecule has 1 fully saturated rings. The number of halogens is 1. The van der Waals surface area contributed by atoms with Crippen molar-refractivity contribution in [3.63, 3.8) is 0 Å².